The lowest BCUT2D eigenvalue weighted by molar-refractivity contribution is -0.141. The van der Waals surface area contributed by atoms with Crippen LogP contribution in [0.2, 0.25) is 0 Å². The molecule has 3 aromatic heterocycles. The van der Waals surface area contributed by atoms with E-state index in [4.69, 9.17) is 14.2 Å². The molecule has 39 heavy (non-hydrogen) atoms. The van der Waals surface area contributed by atoms with E-state index in [2.05, 4.69) is 35.6 Å². The molecule has 2 saturated heterocycles. The summed E-state index contributed by atoms with van der Waals surface area (Å²) in [5, 5.41) is 17.7. The maximum atomic E-state index is 13.0. The number of halogens is 3. The number of anilines is 2. The Morgan fingerprint density at radius 3 is 2.51 bits per heavy atom. The predicted molar refractivity (Wildman–Crippen MR) is 132 cm³/mol. The van der Waals surface area contributed by atoms with E-state index in [1.165, 1.54) is 6.20 Å². The van der Waals surface area contributed by atoms with Crippen molar-refractivity contribution < 1.29 is 32.2 Å². The standard InChI is InChI=1S/C25H26F3N7O4/c1-15-19(11-17(14-29-15)31-23(36)16-10-22(25(26,27)28)33-30-13-16)20-12-21(35-4-8-38-9-5-35)24(34-32-20)39-18-2-6-37-7-3-18/h10-14,18H,2-9H2,1H3,(H,31,36). The number of hydrogen-bond donors (Lipinski definition) is 1. The zero-order valence-corrected chi connectivity index (χ0v) is 21.1. The van der Waals surface area contributed by atoms with Gasteiger partial charge in [-0.3, -0.25) is 9.78 Å². The van der Waals surface area contributed by atoms with Crippen molar-refractivity contribution in [1.29, 1.82) is 0 Å². The minimum Gasteiger partial charge on any atom is -0.472 e. The number of aromatic nitrogens is 5. The van der Waals surface area contributed by atoms with E-state index in [1.54, 1.807) is 13.0 Å². The fraction of sp³-hybridized carbons (Fsp3) is 0.440. The molecule has 0 bridgehead atoms. The maximum absolute atomic E-state index is 13.0. The molecule has 0 unspecified atom stereocenters. The molecule has 0 atom stereocenters. The third-order valence-corrected chi connectivity index (χ3v) is 6.37. The summed E-state index contributed by atoms with van der Waals surface area (Å²) in [6, 6.07) is 4.15. The van der Waals surface area contributed by atoms with Crippen LogP contribution in [-0.2, 0) is 15.7 Å². The van der Waals surface area contributed by atoms with Crippen molar-refractivity contribution in [2.24, 2.45) is 0 Å². The van der Waals surface area contributed by atoms with Gasteiger partial charge in [-0.05, 0) is 25.1 Å². The summed E-state index contributed by atoms with van der Waals surface area (Å²) < 4.78 is 56.1. The van der Waals surface area contributed by atoms with E-state index in [9.17, 15) is 18.0 Å². The molecule has 2 fully saturated rings. The molecule has 206 valence electrons. The van der Waals surface area contributed by atoms with Crippen LogP contribution in [0.5, 0.6) is 5.88 Å². The number of morpholine rings is 1. The first-order valence-electron chi connectivity index (χ1n) is 12.4. The Kier molecular flexibility index (Phi) is 7.84. The minimum absolute atomic E-state index is 0.0267. The van der Waals surface area contributed by atoms with Gasteiger partial charge >= 0.3 is 6.18 Å². The Balaban J connectivity index is 1.42. The fourth-order valence-electron chi connectivity index (χ4n) is 4.26. The highest BCUT2D eigenvalue weighted by Crippen LogP contribution is 2.34. The first-order chi connectivity index (χ1) is 18.8. The average molecular weight is 546 g/mol. The third-order valence-electron chi connectivity index (χ3n) is 6.37. The molecular weight excluding hydrogens is 519 g/mol. The number of ether oxygens (including phenoxy) is 3. The van der Waals surface area contributed by atoms with Crippen LogP contribution in [0.15, 0.2) is 30.6 Å². The summed E-state index contributed by atoms with van der Waals surface area (Å²) in [5.74, 6) is -0.361. The van der Waals surface area contributed by atoms with Crippen LogP contribution in [0.3, 0.4) is 0 Å². The molecule has 0 spiro atoms. The molecule has 0 aliphatic carbocycles. The Hall–Kier alpha value is -3.91. The van der Waals surface area contributed by atoms with Gasteiger partial charge in [0.25, 0.3) is 11.8 Å². The highest BCUT2D eigenvalue weighted by atomic mass is 19.4. The van der Waals surface area contributed by atoms with Crippen LogP contribution in [0, 0.1) is 6.92 Å². The van der Waals surface area contributed by atoms with Gasteiger partial charge in [-0.2, -0.15) is 18.3 Å². The first-order valence-corrected chi connectivity index (χ1v) is 12.4. The molecule has 14 heteroatoms. The number of carbonyl (C=O) groups is 1. The zero-order chi connectivity index (χ0) is 27.4. The predicted octanol–water partition coefficient (Wildman–Crippen LogP) is 3.30. The van der Waals surface area contributed by atoms with Crippen LogP contribution in [0.1, 0.15) is 34.6 Å². The molecule has 1 amide bonds. The van der Waals surface area contributed by atoms with Crippen molar-refractivity contribution in [3.05, 3.63) is 47.5 Å². The van der Waals surface area contributed by atoms with Gasteiger partial charge in [-0.15, -0.1) is 15.3 Å². The molecule has 2 aliphatic heterocycles. The van der Waals surface area contributed by atoms with Gasteiger partial charge in [-0.25, -0.2) is 0 Å². The number of pyridine rings is 1. The lowest BCUT2D eigenvalue weighted by atomic mass is 10.1. The minimum atomic E-state index is -4.72. The number of nitrogens with zero attached hydrogens (tertiary/aromatic N) is 6. The van der Waals surface area contributed by atoms with Gasteiger partial charge < -0.3 is 24.4 Å². The van der Waals surface area contributed by atoms with Gasteiger partial charge in [0.05, 0.1) is 55.8 Å². The van der Waals surface area contributed by atoms with Crippen LogP contribution >= 0.6 is 0 Å². The molecule has 5 heterocycles. The van der Waals surface area contributed by atoms with E-state index in [0.717, 1.165) is 24.7 Å². The van der Waals surface area contributed by atoms with Gasteiger partial charge in [0.1, 0.15) is 11.8 Å². The van der Waals surface area contributed by atoms with E-state index in [1.807, 2.05) is 6.07 Å². The summed E-state index contributed by atoms with van der Waals surface area (Å²) in [4.78, 5) is 19.1. The fourth-order valence-corrected chi connectivity index (χ4v) is 4.26. The molecule has 5 rings (SSSR count). The smallest absolute Gasteiger partial charge is 0.435 e. The Labute approximate surface area is 221 Å². The number of hydrogen-bond acceptors (Lipinski definition) is 10. The normalized spacial score (nSPS) is 16.7. The van der Waals surface area contributed by atoms with E-state index >= 15 is 0 Å². The molecule has 11 nitrogen and oxygen atoms in total. The quantitative estimate of drug-likeness (QED) is 0.493. The van der Waals surface area contributed by atoms with Crippen LogP contribution in [-0.4, -0.2) is 76.9 Å². The lowest BCUT2D eigenvalue weighted by Crippen LogP contribution is -2.37. The molecular formula is C25H26F3N7O4. The molecule has 0 saturated carbocycles. The van der Waals surface area contributed by atoms with Crippen molar-refractivity contribution in [2.45, 2.75) is 32.0 Å². The number of aryl methyl sites for hydroxylation is 1. The zero-order valence-electron chi connectivity index (χ0n) is 21.1. The lowest BCUT2D eigenvalue weighted by Gasteiger charge is -2.31. The summed E-state index contributed by atoms with van der Waals surface area (Å²) in [6.45, 7) is 5.47. The number of nitrogens with one attached hydrogen (secondary N) is 1. The Morgan fingerprint density at radius 2 is 1.77 bits per heavy atom. The number of alkyl halides is 3. The topological polar surface area (TPSA) is 124 Å². The first kappa shape index (κ1) is 26.7. The van der Waals surface area contributed by atoms with Crippen molar-refractivity contribution >= 4 is 17.3 Å². The van der Waals surface area contributed by atoms with Crippen LogP contribution in [0.25, 0.3) is 11.3 Å². The summed E-state index contributed by atoms with van der Waals surface area (Å²) in [5.41, 5.74) is 1.21. The van der Waals surface area contributed by atoms with Gasteiger partial charge in [0, 0.05) is 37.2 Å². The second-order valence-corrected chi connectivity index (χ2v) is 9.09. The molecule has 1 N–H and O–H groups in total. The monoisotopic (exact) mass is 545 g/mol. The second-order valence-electron chi connectivity index (χ2n) is 9.09. The summed E-state index contributed by atoms with van der Waals surface area (Å²) in [7, 11) is 0. The molecule has 0 aromatic carbocycles. The molecule has 0 radical (unpaired) electrons. The maximum Gasteiger partial charge on any atom is 0.435 e. The van der Waals surface area contributed by atoms with Crippen molar-refractivity contribution in [2.75, 3.05) is 49.7 Å². The highest BCUT2D eigenvalue weighted by Gasteiger charge is 2.34. The third kappa shape index (κ3) is 6.40. The highest BCUT2D eigenvalue weighted by molar-refractivity contribution is 6.04. The van der Waals surface area contributed by atoms with Crippen LogP contribution < -0.4 is 15.0 Å². The summed E-state index contributed by atoms with van der Waals surface area (Å²) >= 11 is 0. The molecule has 2 aliphatic rings. The number of rotatable bonds is 6. The van der Waals surface area contributed by atoms with Gasteiger partial charge in [-0.1, -0.05) is 0 Å². The van der Waals surface area contributed by atoms with Gasteiger partial charge in [0.2, 0.25) is 0 Å². The second kappa shape index (κ2) is 11.5. The van der Waals surface area contributed by atoms with E-state index in [0.29, 0.717) is 68.4 Å². The van der Waals surface area contributed by atoms with Crippen LogP contribution in [0.4, 0.5) is 24.5 Å². The van der Waals surface area contributed by atoms with Crippen molar-refractivity contribution in [3.63, 3.8) is 0 Å². The number of carbonyl (C=O) groups excluding carboxylic acids is 1. The Morgan fingerprint density at radius 1 is 1.03 bits per heavy atom. The van der Waals surface area contributed by atoms with Crippen molar-refractivity contribution in [3.8, 4) is 17.1 Å². The summed E-state index contributed by atoms with van der Waals surface area (Å²) in [6.07, 6.45) is -0.859. The number of amides is 1. The van der Waals surface area contributed by atoms with E-state index < -0.39 is 17.8 Å². The van der Waals surface area contributed by atoms with Crippen molar-refractivity contribution in [1.82, 2.24) is 25.4 Å². The average Bonchev–Trinajstić information content (AvgIpc) is 2.95. The SMILES string of the molecule is Cc1ncc(NC(=O)c2cnnc(C(F)(F)F)c2)cc1-c1cc(N2CCOCC2)c(OC2CCOCC2)nn1. The van der Waals surface area contributed by atoms with E-state index in [-0.39, 0.29) is 17.4 Å². The Bertz CT molecular complexity index is 1330. The van der Waals surface area contributed by atoms with Gasteiger partial charge in [0.15, 0.2) is 5.69 Å². The molecule has 3 aromatic rings. The largest absolute Gasteiger partial charge is 0.472 e.